The Hall–Kier alpha value is -0.750. The van der Waals surface area contributed by atoms with E-state index < -0.39 is 31.7 Å². The fourth-order valence-electron chi connectivity index (χ4n) is 3.57. The average Bonchev–Trinajstić information content (AvgIpc) is 2.60. The molecule has 0 bridgehead atoms. The monoisotopic (exact) mass is 439 g/mol. The highest BCUT2D eigenvalue weighted by Crippen LogP contribution is 2.19. The van der Waals surface area contributed by atoms with Crippen molar-refractivity contribution in [1.29, 1.82) is 0 Å². The van der Waals surface area contributed by atoms with Crippen LogP contribution < -0.4 is 0 Å². The molecule has 0 aromatic carbocycles. The number of rotatable bonds is 8. The summed E-state index contributed by atoms with van der Waals surface area (Å²) in [7, 11) is -7.04. The van der Waals surface area contributed by atoms with Crippen LogP contribution in [-0.4, -0.2) is 99.2 Å². The van der Waals surface area contributed by atoms with Crippen LogP contribution in [0.1, 0.15) is 40.0 Å². The van der Waals surface area contributed by atoms with Crippen LogP contribution in [0.3, 0.4) is 0 Å². The fourth-order valence-corrected chi connectivity index (χ4v) is 6.67. The van der Waals surface area contributed by atoms with Crippen molar-refractivity contribution in [1.82, 2.24) is 13.5 Å². The van der Waals surface area contributed by atoms with Crippen LogP contribution in [0.25, 0.3) is 0 Å². The summed E-state index contributed by atoms with van der Waals surface area (Å²) in [5.74, 6) is -0.918. The molecule has 2 heterocycles. The van der Waals surface area contributed by atoms with E-state index in [1.807, 2.05) is 20.8 Å². The topological polar surface area (TPSA) is 104 Å². The number of sulfone groups is 1. The molecule has 2 aliphatic heterocycles. The summed E-state index contributed by atoms with van der Waals surface area (Å²) in [6, 6.07) is 0. The quantitative estimate of drug-likeness (QED) is 0.497. The summed E-state index contributed by atoms with van der Waals surface area (Å²) < 4.78 is 58.3. The molecular weight excluding hydrogens is 406 g/mol. The number of piperazine rings is 1. The number of ether oxygens (including phenoxy) is 1. The van der Waals surface area contributed by atoms with Crippen LogP contribution in [-0.2, 0) is 29.6 Å². The van der Waals surface area contributed by atoms with Crippen molar-refractivity contribution >= 4 is 26.0 Å². The minimum Gasteiger partial charge on any atom is -0.373 e. The smallest absolute Gasteiger partial charge is 0.282 e. The molecular formula is C17H33N3O6S2. The molecule has 0 aromatic rings. The van der Waals surface area contributed by atoms with Gasteiger partial charge in [-0.25, -0.2) is 8.42 Å². The highest BCUT2D eigenvalue weighted by atomic mass is 32.2. The second kappa shape index (κ2) is 9.84. The van der Waals surface area contributed by atoms with Crippen molar-refractivity contribution in [2.24, 2.45) is 0 Å². The molecule has 164 valence electrons. The molecule has 0 aliphatic carbocycles. The fraction of sp³-hybridized carbons (Fsp3) is 0.941. The van der Waals surface area contributed by atoms with Gasteiger partial charge in [0.1, 0.15) is 5.75 Å². The van der Waals surface area contributed by atoms with Gasteiger partial charge in [0.15, 0.2) is 9.84 Å². The van der Waals surface area contributed by atoms with Crippen LogP contribution in [0.2, 0.25) is 0 Å². The molecule has 0 N–H and O–H groups in total. The van der Waals surface area contributed by atoms with Crippen LogP contribution in [0, 0.1) is 0 Å². The maximum Gasteiger partial charge on any atom is 0.282 e. The lowest BCUT2D eigenvalue weighted by Gasteiger charge is -2.40. The molecule has 2 aliphatic rings. The maximum atomic E-state index is 12.9. The Morgan fingerprint density at radius 2 is 1.50 bits per heavy atom. The zero-order valence-corrected chi connectivity index (χ0v) is 18.7. The Kier molecular flexibility index (Phi) is 8.26. The SMILES string of the molecule is CCCCCS(=O)(=O)CC(=O)N1CCN(S(=O)(=O)N2CC(C)OC(C)C2)CC1. The highest BCUT2D eigenvalue weighted by molar-refractivity contribution is 7.92. The van der Waals surface area contributed by atoms with Gasteiger partial charge in [-0.15, -0.1) is 0 Å². The van der Waals surface area contributed by atoms with Crippen molar-refractivity contribution in [3.8, 4) is 0 Å². The summed E-state index contributed by atoms with van der Waals surface area (Å²) in [6.07, 6.45) is 1.97. The number of hydrogen-bond acceptors (Lipinski definition) is 6. The number of hydrogen-bond donors (Lipinski definition) is 0. The normalized spacial score (nSPS) is 25.8. The first-order valence-electron chi connectivity index (χ1n) is 9.94. The van der Waals surface area contributed by atoms with Gasteiger partial charge >= 0.3 is 0 Å². The van der Waals surface area contributed by atoms with Gasteiger partial charge in [-0.05, 0) is 20.3 Å². The third kappa shape index (κ3) is 6.38. The molecule has 2 atom stereocenters. The number of carbonyl (C=O) groups is 1. The minimum atomic E-state index is -3.62. The van der Waals surface area contributed by atoms with Gasteiger partial charge in [-0.1, -0.05) is 19.8 Å². The van der Waals surface area contributed by atoms with E-state index in [1.165, 1.54) is 13.5 Å². The molecule has 0 aromatic heterocycles. The molecule has 2 unspecified atom stereocenters. The minimum absolute atomic E-state index is 0.0221. The Bertz CT molecular complexity index is 722. The standard InChI is InChI=1S/C17H33N3O6S2/c1-4-5-6-11-27(22,23)14-17(21)18-7-9-19(10-8-18)28(24,25)20-12-15(2)26-16(3)13-20/h15-16H,4-14H2,1-3H3. The van der Waals surface area contributed by atoms with Gasteiger partial charge in [-0.2, -0.15) is 17.0 Å². The van der Waals surface area contributed by atoms with E-state index in [2.05, 4.69) is 0 Å². The van der Waals surface area contributed by atoms with Gasteiger partial charge in [0.25, 0.3) is 10.2 Å². The van der Waals surface area contributed by atoms with E-state index in [1.54, 1.807) is 0 Å². The summed E-state index contributed by atoms with van der Waals surface area (Å²) in [5, 5.41) is 0. The summed E-state index contributed by atoms with van der Waals surface area (Å²) in [4.78, 5) is 13.8. The van der Waals surface area contributed by atoms with Crippen molar-refractivity contribution < 1.29 is 26.4 Å². The van der Waals surface area contributed by atoms with Crippen molar-refractivity contribution in [3.05, 3.63) is 0 Å². The molecule has 28 heavy (non-hydrogen) atoms. The predicted molar refractivity (Wildman–Crippen MR) is 107 cm³/mol. The molecule has 2 rings (SSSR count). The number of nitrogens with zero attached hydrogens (tertiary/aromatic N) is 3. The zero-order valence-electron chi connectivity index (χ0n) is 17.0. The van der Waals surface area contributed by atoms with Gasteiger partial charge in [0, 0.05) is 39.3 Å². The Morgan fingerprint density at radius 3 is 2.04 bits per heavy atom. The van der Waals surface area contributed by atoms with E-state index in [0.717, 1.165) is 12.8 Å². The first kappa shape index (κ1) is 23.5. The average molecular weight is 440 g/mol. The molecule has 0 saturated carbocycles. The van der Waals surface area contributed by atoms with Crippen LogP contribution in [0.15, 0.2) is 0 Å². The van der Waals surface area contributed by atoms with Gasteiger partial charge in [0.2, 0.25) is 5.91 Å². The summed E-state index contributed by atoms with van der Waals surface area (Å²) >= 11 is 0. The lowest BCUT2D eigenvalue weighted by atomic mass is 10.3. The highest BCUT2D eigenvalue weighted by Gasteiger charge is 2.37. The number of unbranched alkanes of at least 4 members (excludes halogenated alkanes) is 2. The summed E-state index contributed by atoms with van der Waals surface area (Å²) in [5.41, 5.74) is 0. The molecule has 1 amide bonds. The molecule has 0 spiro atoms. The molecule has 11 heteroatoms. The third-order valence-electron chi connectivity index (χ3n) is 5.03. The Morgan fingerprint density at radius 1 is 0.929 bits per heavy atom. The van der Waals surface area contributed by atoms with Gasteiger partial charge in [-0.3, -0.25) is 4.79 Å². The zero-order chi connectivity index (χ0) is 20.9. The molecule has 2 fully saturated rings. The lowest BCUT2D eigenvalue weighted by Crippen LogP contribution is -2.58. The Balaban J connectivity index is 1.88. The van der Waals surface area contributed by atoms with Crippen LogP contribution in [0.5, 0.6) is 0 Å². The second-order valence-corrected chi connectivity index (χ2v) is 11.8. The maximum absolute atomic E-state index is 12.9. The third-order valence-corrected chi connectivity index (χ3v) is 8.60. The van der Waals surface area contributed by atoms with E-state index in [4.69, 9.17) is 4.74 Å². The van der Waals surface area contributed by atoms with Crippen molar-refractivity contribution in [3.63, 3.8) is 0 Å². The Labute approximate surface area is 169 Å². The first-order valence-corrected chi connectivity index (χ1v) is 13.2. The van der Waals surface area contributed by atoms with Crippen molar-refractivity contribution in [2.45, 2.75) is 52.2 Å². The number of carbonyl (C=O) groups excluding carboxylic acids is 1. The van der Waals surface area contributed by atoms with Gasteiger partial charge < -0.3 is 9.64 Å². The molecule has 0 radical (unpaired) electrons. The number of amides is 1. The van der Waals surface area contributed by atoms with Gasteiger partial charge in [0.05, 0.1) is 18.0 Å². The molecule has 9 nitrogen and oxygen atoms in total. The van der Waals surface area contributed by atoms with E-state index in [0.29, 0.717) is 19.5 Å². The lowest BCUT2D eigenvalue weighted by molar-refractivity contribution is -0.129. The van der Waals surface area contributed by atoms with E-state index >= 15 is 0 Å². The second-order valence-electron chi connectivity index (χ2n) is 7.66. The van der Waals surface area contributed by atoms with Crippen LogP contribution in [0.4, 0.5) is 0 Å². The van der Waals surface area contributed by atoms with Crippen molar-refractivity contribution in [2.75, 3.05) is 50.8 Å². The number of morpholine rings is 1. The van der Waals surface area contributed by atoms with E-state index in [-0.39, 0.29) is 44.1 Å². The van der Waals surface area contributed by atoms with Crippen LogP contribution >= 0.6 is 0 Å². The largest absolute Gasteiger partial charge is 0.373 e. The molecule has 2 saturated heterocycles. The summed E-state index contributed by atoms with van der Waals surface area (Å²) in [6.45, 7) is 7.04. The van der Waals surface area contributed by atoms with E-state index in [9.17, 15) is 21.6 Å². The predicted octanol–water partition coefficient (Wildman–Crippen LogP) is 0.0896. The first-order chi connectivity index (χ1) is 13.0.